The zero-order valence-corrected chi connectivity index (χ0v) is 94.3. The Balaban J connectivity index is 0.000000338. The van der Waals surface area contributed by atoms with Gasteiger partial charge in [0.05, 0.1) is 98.8 Å². The van der Waals surface area contributed by atoms with E-state index in [9.17, 15) is 36.0 Å². The average molecular weight is 2170 g/mol. The van der Waals surface area contributed by atoms with E-state index in [1.54, 1.807) is 30.3 Å². The van der Waals surface area contributed by atoms with Crippen molar-refractivity contribution in [2.75, 3.05) is 183 Å². The summed E-state index contributed by atoms with van der Waals surface area (Å²) in [5.41, 5.74) is 20.5. The van der Waals surface area contributed by atoms with E-state index in [0.717, 1.165) is 150 Å². The van der Waals surface area contributed by atoms with E-state index in [1.807, 2.05) is 159 Å². The van der Waals surface area contributed by atoms with Crippen molar-refractivity contribution in [2.45, 2.75) is 130 Å². The molecule has 17 rings (SSSR count). The molecule has 1 amide bonds. The maximum absolute atomic E-state index is 13.2. The van der Waals surface area contributed by atoms with Crippen LogP contribution in [0.3, 0.4) is 0 Å². The summed E-state index contributed by atoms with van der Waals surface area (Å²) in [6.07, 6.45) is 15.3. The fourth-order valence-corrected chi connectivity index (χ4v) is 16.4. The van der Waals surface area contributed by atoms with Gasteiger partial charge in [-0.15, -0.1) is 34.7 Å². The van der Waals surface area contributed by atoms with Gasteiger partial charge in [-0.3, -0.25) is 33.5 Å². The molecule has 0 radical (unpaired) electrons. The number of nitrogens with two attached hydrogens (primary N) is 1. The maximum atomic E-state index is 13.2. The maximum Gasteiger partial charge on any atom is 1.00 e. The van der Waals surface area contributed by atoms with E-state index in [2.05, 4.69) is 135 Å². The quantitative estimate of drug-likeness (QED) is 0.0227. The van der Waals surface area contributed by atoms with Gasteiger partial charge < -0.3 is 57.6 Å². The number of piperazine rings is 3. The summed E-state index contributed by atoms with van der Waals surface area (Å²) in [6.45, 7) is 32.5. The first kappa shape index (κ1) is 122. The molecule has 7 aliphatic heterocycles. The van der Waals surface area contributed by atoms with Crippen molar-refractivity contribution in [3.63, 3.8) is 0 Å². The van der Waals surface area contributed by atoms with Crippen LogP contribution in [0.2, 0.25) is 34.7 Å². The number of carbonyl (C=O) groups is 4. The van der Waals surface area contributed by atoms with Crippen LogP contribution in [0, 0.1) is 13.8 Å². The van der Waals surface area contributed by atoms with E-state index in [0.29, 0.717) is 83.9 Å². The number of sulfone groups is 2. The molecule has 0 saturated carbocycles. The molecule has 28 nitrogen and oxygen atoms in total. The number of aromatic nitrogens is 4. The second-order valence-corrected chi connectivity index (χ2v) is 47.2. The van der Waals surface area contributed by atoms with Crippen LogP contribution in [0.5, 0.6) is 0 Å². The average Bonchev–Trinajstić information content (AvgIpc) is 1.44. The number of carbonyl (C=O) groups excluding carboxylic acids is 4. The van der Waals surface area contributed by atoms with Crippen molar-refractivity contribution in [1.82, 2.24) is 43.3 Å². The number of rotatable bonds is 16. The van der Waals surface area contributed by atoms with Gasteiger partial charge in [0, 0.05) is 191 Å². The third-order valence-corrected chi connectivity index (χ3v) is 24.3. The smallest absolute Gasteiger partial charge is 0.773 e. The predicted octanol–water partition coefficient (Wildman–Crippen LogP) is 14.7. The Hall–Kier alpha value is -6.47. The number of amides is 1. The predicted molar refractivity (Wildman–Crippen MR) is 557 cm³/mol. The summed E-state index contributed by atoms with van der Waals surface area (Å²) in [5.74, 6) is 12.5. The topological polar surface area (TPSA) is 330 Å². The summed E-state index contributed by atoms with van der Waals surface area (Å²) in [4.78, 5) is 69.4. The van der Waals surface area contributed by atoms with Crippen LogP contribution in [0.4, 0.5) is 11.4 Å². The van der Waals surface area contributed by atoms with E-state index in [-0.39, 0.29) is 85.5 Å². The second kappa shape index (κ2) is 65.6. The van der Waals surface area contributed by atoms with E-state index >= 15 is 0 Å². The zero-order valence-electron chi connectivity index (χ0n) is 82.8. The van der Waals surface area contributed by atoms with Gasteiger partial charge in [-0.25, -0.2) is 41.2 Å². The van der Waals surface area contributed by atoms with Crippen LogP contribution in [0.1, 0.15) is 122 Å². The van der Waals surface area contributed by atoms with Gasteiger partial charge in [0.15, 0.2) is 19.7 Å². The molecule has 10 aromatic rings. The molecule has 136 heavy (non-hydrogen) atoms. The number of halogens is 3. The normalized spacial score (nSPS) is 15.6. The van der Waals surface area contributed by atoms with Crippen LogP contribution >= 0.6 is 47.8 Å². The number of ether oxygens (including phenoxy) is 7. The monoisotopic (exact) mass is 2160 g/mol. The fraction of sp³-hybridized carbons (Fsp3) is 0.455. The van der Waals surface area contributed by atoms with E-state index in [1.165, 1.54) is 110 Å². The van der Waals surface area contributed by atoms with Gasteiger partial charge >= 0.3 is 47.5 Å². The summed E-state index contributed by atoms with van der Waals surface area (Å²) in [6, 6.07) is 43.7. The standard InChI is InChI=1S/C27H28N4O4S.C14H13N3.C14H19NO5S.C13H16BrNO3.C9H8Br2O2.C6H12N2.C5H10O.2C2H6.CH4O2S.6CH3.2Al.Na/c1-19-4-3-11-31-18-25(29-26(19)31)20-5-7-22(8-6-20)28-27(32)24-10-9-23(36(2,33)34)16-21(24)17-30-12-14-35-15-13-30;1-10-3-2-8-17-9-13(16-14(10)17)11-4-6-12(15)7-5-11;1-19-14(16)13-4-3-12(21(2,17)18)9-11(13)10-15-5-7-20-8-6-15;1-17-13(16)12-3-2-11(14)8-10(12)9-15-4-6-18-7-5-15;1-13-9(12)8-3-2-7(11)4-6(8)5-10;1-2-8-5-3-7(1)4-6-8;1-2-4-6-5-3-1;2*1-2;1-4(2)3;;;;;;;;;/h3-11,16,18H,12-15,17H2,1-2H3,(H,28,32);2-9H,15H2,1H3;3-4,9H,5-8,10H2,1-2H3;2-3,8H,4-7,9H2,1H3;2-4H,5H2,1H3;1-6H2;1-5H2;2*1-2H3;1H3,(H,2,3);6*1H3;;;/q;;;;;;;;;;;;;;;;;;+1/p-1. The molecule has 7 aliphatic rings. The number of pyridine rings is 2. The molecule has 3 N–H and O–H groups in total. The number of benzene rings is 6. The number of esters is 3. The number of methoxy groups -OCH3 is 3. The zero-order chi connectivity index (χ0) is 99.7. The van der Waals surface area contributed by atoms with Gasteiger partial charge in [-0.1, -0.05) is 123 Å². The number of hydrogen-bond acceptors (Lipinski definition) is 25. The number of nitrogens with one attached hydrogen (secondary N) is 1. The van der Waals surface area contributed by atoms with Crippen molar-refractivity contribution in [3.05, 3.63) is 235 Å². The number of fused-ring (bicyclic) bond motifs is 5. The number of nitrogens with zero attached hydrogens (tertiary/aromatic N) is 9. The molecule has 6 aromatic carbocycles. The Labute approximate surface area is 866 Å². The first-order valence-corrected chi connectivity index (χ1v) is 60.5. The number of alkyl halides is 1. The van der Waals surface area contributed by atoms with Gasteiger partial charge in [0.2, 0.25) is 0 Å². The van der Waals surface area contributed by atoms with E-state index in [4.69, 9.17) is 47.9 Å². The van der Waals surface area contributed by atoms with Crippen LogP contribution in [0.15, 0.2) is 189 Å². The minimum Gasteiger partial charge on any atom is -0.773 e. The molecule has 37 heteroatoms. The van der Waals surface area contributed by atoms with Crippen LogP contribution in [-0.2, 0) is 88.9 Å². The number of anilines is 2. The van der Waals surface area contributed by atoms with Crippen molar-refractivity contribution in [1.29, 1.82) is 0 Å². The molecule has 1 atom stereocenters. The second-order valence-electron chi connectivity index (χ2n) is 33.0. The number of aryl methyl sites for hydroxylation is 2. The SMILES string of the molecule is C1CCOCC1.C1CN2CCN1CC2.CC.CC.COC(=O)c1ccc(Br)cc1CBr.COC(=O)c1ccc(Br)cc1CN1CCOCC1.COC(=O)c1ccc(S(C)(=O)=O)cc1CN1CCOCC1.CS(=O)[O-].Cc1cccn2cc(-c3ccc(N)cc3)nc12.Cc1cccn2cc(-c3ccc(NC(=O)c4ccc(S(C)(=O)=O)cc4CN4CCOCC4)cc3)nc12.[CH3][Al]([CH3])[CH3].[CH3][Al]([CH3])[CH3].[Na+]. The molecular formula is C99H139Al2Br3N11NaO17S3. The molecule has 0 spiro atoms. The third-order valence-electron chi connectivity index (χ3n) is 20.5. The van der Waals surface area contributed by atoms with Crippen molar-refractivity contribution in [2.24, 2.45) is 0 Å². The Kier molecular flexibility index (Phi) is 58.8. The molecule has 2 bridgehead atoms. The van der Waals surface area contributed by atoms with Crippen LogP contribution < -0.4 is 40.6 Å². The fourth-order valence-electron chi connectivity index (χ4n) is 13.7. The summed E-state index contributed by atoms with van der Waals surface area (Å²) >= 11 is 7.94. The number of hydrogen-bond donors (Lipinski definition) is 2. The van der Waals surface area contributed by atoms with Gasteiger partial charge in [0.25, 0.3) is 34.2 Å². The number of nitrogen functional groups attached to an aromatic ring is 1. The molecule has 1 unspecified atom stereocenters. The molecule has 0 aliphatic carbocycles. The minimum absolute atomic E-state index is 0. The largest absolute Gasteiger partial charge is 1.00 e. The molecule has 7 fully saturated rings. The first-order valence-electron chi connectivity index (χ1n) is 45.6. The molecule has 7 saturated heterocycles. The minimum atomic E-state index is -3.39. The molecule has 738 valence electrons. The Morgan fingerprint density at radius 1 is 0.471 bits per heavy atom. The number of imidazole rings is 2. The Morgan fingerprint density at radius 3 is 1.09 bits per heavy atom. The summed E-state index contributed by atoms with van der Waals surface area (Å²) in [7, 11) is -2.61. The van der Waals surface area contributed by atoms with Gasteiger partial charge in [0.1, 0.15) is 11.3 Å². The summed E-state index contributed by atoms with van der Waals surface area (Å²) < 4.78 is 107. The van der Waals surface area contributed by atoms with Crippen molar-refractivity contribution < 1.29 is 107 Å². The molecule has 4 aromatic heterocycles. The van der Waals surface area contributed by atoms with Crippen molar-refractivity contribution >= 4 is 153 Å². The van der Waals surface area contributed by atoms with Crippen molar-refractivity contribution in [3.8, 4) is 22.5 Å². The Morgan fingerprint density at radius 2 is 0.779 bits per heavy atom. The first-order chi connectivity index (χ1) is 64.5. The number of morpholine rings is 3. The van der Waals surface area contributed by atoms with E-state index < -0.39 is 36.7 Å². The van der Waals surface area contributed by atoms with Crippen LogP contribution in [-0.4, -0.2) is 292 Å². The van der Waals surface area contributed by atoms with Gasteiger partial charge in [-0.2, -0.15) is 0 Å². The van der Waals surface area contributed by atoms with Gasteiger partial charge in [-0.05, 0) is 182 Å². The summed E-state index contributed by atoms with van der Waals surface area (Å²) in [5, 5.41) is 3.59. The van der Waals surface area contributed by atoms with Crippen LogP contribution in [0.25, 0.3) is 33.8 Å². The molecular weight excluding hydrogens is 2030 g/mol. The third kappa shape index (κ3) is 44.4. The molecule has 11 heterocycles. The Bertz CT molecular complexity index is 5480.